The Morgan fingerprint density at radius 3 is 2.20 bits per heavy atom. The van der Waals surface area contributed by atoms with Gasteiger partial charge in [-0.05, 0) is 6.92 Å². The molecule has 60 valence electrons. The number of hydrogen-bond donors (Lipinski definition) is 1. The summed E-state index contributed by atoms with van der Waals surface area (Å²) in [6.07, 6.45) is 1.67. The topological polar surface area (TPSA) is 36.8 Å². The predicted molar refractivity (Wildman–Crippen MR) is 47.9 cm³/mol. The first kappa shape index (κ1) is 11.9. The number of hydrazone groups is 1. The lowest BCUT2D eigenvalue weighted by Crippen LogP contribution is -1.99. The minimum absolute atomic E-state index is 0.916. The van der Waals surface area contributed by atoms with Gasteiger partial charge in [0.05, 0.1) is 11.9 Å². The third-order valence-electron chi connectivity index (χ3n) is 0.733. The molecule has 0 unspecified atom stereocenters. The number of hydrogen-bond acceptors (Lipinski definition) is 3. The molecule has 0 saturated carbocycles. The fourth-order valence-corrected chi connectivity index (χ4v) is 0.216. The minimum atomic E-state index is 0.916. The van der Waals surface area contributed by atoms with E-state index in [0.717, 1.165) is 5.71 Å². The van der Waals surface area contributed by atoms with Crippen LogP contribution in [-0.2, 0) is 0 Å². The molecule has 0 saturated heterocycles. The molecule has 0 fully saturated rings. The highest BCUT2D eigenvalue weighted by atomic mass is 15.3. The quantitative estimate of drug-likeness (QED) is 0.459. The van der Waals surface area contributed by atoms with E-state index in [2.05, 4.69) is 15.5 Å². The fourth-order valence-electron chi connectivity index (χ4n) is 0.216. The second-order valence-corrected chi connectivity index (χ2v) is 1.35. The molecule has 3 heteroatoms. The van der Waals surface area contributed by atoms with Crippen molar-refractivity contribution in [3.8, 4) is 0 Å². The third-order valence-corrected chi connectivity index (χ3v) is 0.733. The number of nitrogens with one attached hydrogen (secondary N) is 1. The van der Waals surface area contributed by atoms with Crippen molar-refractivity contribution in [3.63, 3.8) is 0 Å². The highest BCUT2D eigenvalue weighted by molar-refractivity contribution is 6.29. The van der Waals surface area contributed by atoms with E-state index in [9.17, 15) is 0 Å². The van der Waals surface area contributed by atoms with E-state index in [-0.39, 0.29) is 0 Å². The van der Waals surface area contributed by atoms with Gasteiger partial charge in [0, 0.05) is 14.1 Å². The van der Waals surface area contributed by atoms with Crippen LogP contribution >= 0.6 is 0 Å². The van der Waals surface area contributed by atoms with E-state index in [1.165, 1.54) is 0 Å². The normalized spacial score (nSPS) is 10.7. The van der Waals surface area contributed by atoms with E-state index < -0.39 is 0 Å². The number of nitrogens with zero attached hydrogens (tertiary/aromatic N) is 2. The molecule has 0 aliphatic carbocycles. The Hall–Kier alpha value is -0.860. The maximum absolute atomic E-state index is 3.85. The molecule has 10 heavy (non-hydrogen) atoms. The molecular weight excluding hydrogens is 126 g/mol. The van der Waals surface area contributed by atoms with E-state index in [0.29, 0.717) is 0 Å². The SMILES string of the molecule is CC.CN=C(C)/C=N\NC. The lowest BCUT2D eigenvalue weighted by Gasteiger charge is -1.85. The molecule has 0 aromatic carbocycles. The summed E-state index contributed by atoms with van der Waals surface area (Å²) < 4.78 is 0. The van der Waals surface area contributed by atoms with Gasteiger partial charge in [0.15, 0.2) is 0 Å². The predicted octanol–water partition coefficient (Wildman–Crippen LogP) is 1.31. The molecule has 0 spiro atoms. The highest BCUT2D eigenvalue weighted by Crippen LogP contribution is 1.65. The molecule has 0 aliphatic rings. The summed E-state index contributed by atoms with van der Waals surface area (Å²) in [7, 11) is 3.48. The summed E-state index contributed by atoms with van der Waals surface area (Å²) in [5.41, 5.74) is 3.54. The van der Waals surface area contributed by atoms with Gasteiger partial charge in [-0.25, -0.2) is 0 Å². The maximum atomic E-state index is 3.85. The number of aliphatic imine (C=N–C) groups is 1. The first-order valence-corrected chi connectivity index (χ1v) is 3.44. The summed E-state index contributed by atoms with van der Waals surface area (Å²) in [6, 6.07) is 0. The number of rotatable bonds is 2. The second kappa shape index (κ2) is 11.0. The summed E-state index contributed by atoms with van der Waals surface area (Å²) in [5.74, 6) is 0. The van der Waals surface area contributed by atoms with Crippen LogP contribution in [0.3, 0.4) is 0 Å². The Labute approximate surface area is 63.2 Å². The smallest absolute Gasteiger partial charge is 0.0675 e. The summed E-state index contributed by atoms with van der Waals surface area (Å²) in [4.78, 5) is 3.85. The molecule has 1 N–H and O–H groups in total. The molecule has 0 bridgehead atoms. The molecule has 0 rings (SSSR count). The standard InChI is InChI=1S/C5H11N3.C2H6/c1-5(6-2)4-8-7-3;1-2/h4,7H,1-3H3;1-2H3/b6-5?,8-4-;. The minimum Gasteiger partial charge on any atom is -0.313 e. The van der Waals surface area contributed by atoms with Crippen molar-refractivity contribution in [1.29, 1.82) is 0 Å². The van der Waals surface area contributed by atoms with Gasteiger partial charge < -0.3 is 5.43 Å². The molecular formula is C7H17N3. The van der Waals surface area contributed by atoms with E-state index in [4.69, 9.17) is 0 Å². The third kappa shape index (κ3) is 10.2. The monoisotopic (exact) mass is 143 g/mol. The van der Waals surface area contributed by atoms with E-state index in [1.54, 1.807) is 20.3 Å². The van der Waals surface area contributed by atoms with Gasteiger partial charge in [-0.15, -0.1) is 0 Å². The molecule has 0 amide bonds. The molecule has 3 nitrogen and oxygen atoms in total. The van der Waals surface area contributed by atoms with Gasteiger partial charge >= 0.3 is 0 Å². The molecule has 0 heterocycles. The average Bonchev–Trinajstić information content (AvgIpc) is 2.04. The van der Waals surface area contributed by atoms with Crippen molar-refractivity contribution in [2.45, 2.75) is 20.8 Å². The van der Waals surface area contributed by atoms with Crippen LogP contribution < -0.4 is 5.43 Å². The zero-order chi connectivity index (χ0) is 8.41. The lowest BCUT2D eigenvalue weighted by atomic mass is 10.5. The van der Waals surface area contributed by atoms with Crippen LogP contribution in [0.25, 0.3) is 0 Å². The first-order valence-electron chi connectivity index (χ1n) is 3.44. The van der Waals surface area contributed by atoms with Crippen LogP contribution in [0.4, 0.5) is 0 Å². The van der Waals surface area contributed by atoms with Crippen LogP contribution in [-0.4, -0.2) is 26.0 Å². The van der Waals surface area contributed by atoms with Crippen molar-refractivity contribution in [3.05, 3.63) is 0 Å². The van der Waals surface area contributed by atoms with Crippen molar-refractivity contribution in [1.82, 2.24) is 5.43 Å². The Balaban J connectivity index is 0. The van der Waals surface area contributed by atoms with Crippen molar-refractivity contribution < 1.29 is 0 Å². The highest BCUT2D eigenvalue weighted by Gasteiger charge is 1.75. The van der Waals surface area contributed by atoms with Crippen LogP contribution in [0.2, 0.25) is 0 Å². The average molecular weight is 143 g/mol. The Morgan fingerprint density at radius 2 is 1.90 bits per heavy atom. The lowest BCUT2D eigenvalue weighted by molar-refractivity contribution is 0.910. The van der Waals surface area contributed by atoms with Gasteiger partial charge in [-0.2, -0.15) is 5.10 Å². The van der Waals surface area contributed by atoms with Crippen LogP contribution in [0.15, 0.2) is 10.1 Å². The summed E-state index contributed by atoms with van der Waals surface area (Å²) >= 11 is 0. The summed E-state index contributed by atoms with van der Waals surface area (Å²) in [6.45, 7) is 5.89. The van der Waals surface area contributed by atoms with E-state index >= 15 is 0 Å². The van der Waals surface area contributed by atoms with Crippen LogP contribution in [0, 0.1) is 0 Å². The van der Waals surface area contributed by atoms with Crippen molar-refractivity contribution >= 4 is 11.9 Å². The summed E-state index contributed by atoms with van der Waals surface area (Å²) in [5, 5.41) is 3.74. The largest absolute Gasteiger partial charge is 0.313 e. The van der Waals surface area contributed by atoms with Crippen molar-refractivity contribution in [2.24, 2.45) is 10.1 Å². The zero-order valence-electron chi connectivity index (χ0n) is 7.47. The van der Waals surface area contributed by atoms with E-state index in [1.807, 2.05) is 20.8 Å². The van der Waals surface area contributed by atoms with Gasteiger partial charge in [0.25, 0.3) is 0 Å². The molecule has 0 radical (unpaired) electrons. The Morgan fingerprint density at radius 1 is 1.40 bits per heavy atom. The Kier molecular flexibility index (Phi) is 13.1. The second-order valence-electron chi connectivity index (χ2n) is 1.35. The van der Waals surface area contributed by atoms with Gasteiger partial charge in [-0.3, -0.25) is 4.99 Å². The zero-order valence-corrected chi connectivity index (χ0v) is 7.47. The molecule has 0 aromatic rings. The van der Waals surface area contributed by atoms with Crippen molar-refractivity contribution in [2.75, 3.05) is 14.1 Å². The van der Waals surface area contributed by atoms with Crippen LogP contribution in [0.1, 0.15) is 20.8 Å². The Bertz CT molecular complexity index is 105. The van der Waals surface area contributed by atoms with Gasteiger partial charge in [0.2, 0.25) is 0 Å². The van der Waals surface area contributed by atoms with Gasteiger partial charge in [-0.1, -0.05) is 13.8 Å². The fraction of sp³-hybridized carbons (Fsp3) is 0.714. The molecule has 0 atom stereocenters. The molecule has 0 aliphatic heterocycles. The van der Waals surface area contributed by atoms with Gasteiger partial charge in [0.1, 0.15) is 0 Å². The molecule has 0 aromatic heterocycles. The maximum Gasteiger partial charge on any atom is 0.0675 e. The van der Waals surface area contributed by atoms with Crippen LogP contribution in [0.5, 0.6) is 0 Å². The first-order chi connectivity index (χ1) is 4.81.